The minimum Gasteiger partial charge on any atom is -0.383 e. The van der Waals surface area contributed by atoms with Gasteiger partial charge in [0.05, 0.1) is 5.52 Å². The summed E-state index contributed by atoms with van der Waals surface area (Å²) < 4.78 is 0. The number of nitrogens with two attached hydrogens (primary N) is 2. The van der Waals surface area contributed by atoms with Crippen LogP contribution in [0.3, 0.4) is 0 Å². The van der Waals surface area contributed by atoms with E-state index in [1.54, 1.807) is 0 Å². The SMILES string of the molecule is CC(C)(C)c1ccc2c(N)nc(N)nc2c1. The lowest BCUT2D eigenvalue weighted by molar-refractivity contribution is 0.591. The normalized spacial score (nSPS) is 11.9. The Morgan fingerprint density at radius 2 is 1.75 bits per heavy atom. The number of aromatic nitrogens is 2. The molecule has 0 bridgehead atoms. The summed E-state index contributed by atoms with van der Waals surface area (Å²) in [5, 5.41) is 0.849. The Morgan fingerprint density at radius 1 is 1.06 bits per heavy atom. The molecule has 0 fully saturated rings. The van der Waals surface area contributed by atoms with E-state index in [0.29, 0.717) is 5.82 Å². The number of hydrogen-bond donors (Lipinski definition) is 2. The van der Waals surface area contributed by atoms with E-state index in [1.165, 1.54) is 5.56 Å². The third-order valence-corrected chi connectivity index (χ3v) is 2.61. The minimum atomic E-state index is 0.0860. The van der Waals surface area contributed by atoms with E-state index < -0.39 is 0 Å². The van der Waals surface area contributed by atoms with Crippen molar-refractivity contribution in [2.24, 2.45) is 0 Å². The van der Waals surface area contributed by atoms with Gasteiger partial charge in [-0.25, -0.2) is 4.98 Å². The topological polar surface area (TPSA) is 77.8 Å². The van der Waals surface area contributed by atoms with Crippen LogP contribution in [0.15, 0.2) is 18.2 Å². The van der Waals surface area contributed by atoms with Gasteiger partial charge in [-0.1, -0.05) is 26.8 Å². The Labute approximate surface area is 94.7 Å². The maximum Gasteiger partial charge on any atom is 0.222 e. The predicted octanol–water partition coefficient (Wildman–Crippen LogP) is 2.09. The molecule has 0 radical (unpaired) electrons. The number of anilines is 2. The van der Waals surface area contributed by atoms with Gasteiger partial charge in [-0.15, -0.1) is 0 Å². The molecule has 16 heavy (non-hydrogen) atoms. The maximum absolute atomic E-state index is 5.79. The Kier molecular flexibility index (Phi) is 2.22. The minimum absolute atomic E-state index is 0.0860. The molecule has 0 unspecified atom stereocenters. The first-order valence-electron chi connectivity index (χ1n) is 5.21. The Morgan fingerprint density at radius 3 is 2.38 bits per heavy atom. The molecule has 1 aromatic heterocycles. The van der Waals surface area contributed by atoms with Crippen LogP contribution in [0.4, 0.5) is 11.8 Å². The van der Waals surface area contributed by atoms with Gasteiger partial charge in [0.2, 0.25) is 5.95 Å². The highest BCUT2D eigenvalue weighted by atomic mass is 15.0. The molecule has 0 saturated heterocycles. The number of benzene rings is 1. The molecule has 1 heterocycles. The quantitative estimate of drug-likeness (QED) is 0.706. The van der Waals surface area contributed by atoms with Crippen molar-refractivity contribution >= 4 is 22.7 Å². The standard InChI is InChI=1S/C12H16N4/c1-12(2,3)7-4-5-8-9(6-7)15-11(14)16-10(8)13/h4-6H,1-3H3,(H4,13,14,15,16). The third-order valence-electron chi connectivity index (χ3n) is 2.61. The first kappa shape index (κ1) is 10.7. The van der Waals surface area contributed by atoms with Gasteiger partial charge in [-0.05, 0) is 23.1 Å². The average Bonchev–Trinajstić information content (AvgIpc) is 2.15. The van der Waals surface area contributed by atoms with E-state index in [0.717, 1.165) is 10.9 Å². The molecule has 4 nitrogen and oxygen atoms in total. The fraction of sp³-hybridized carbons (Fsp3) is 0.333. The van der Waals surface area contributed by atoms with Gasteiger partial charge in [0.1, 0.15) is 5.82 Å². The van der Waals surface area contributed by atoms with Gasteiger partial charge in [0, 0.05) is 5.39 Å². The zero-order valence-electron chi connectivity index (χ0n) is 9.78. The number of rotatable bonds is 0. The van der Waals surface area contributed by atoms with Gasteiger partial charge in [-0.3, -0.25) is 0 Å². The predicted molar refractivity (Wildman–Crippen MR) is 67.1 cm³/mol. The molecule has 0 saturated carbocycles. The maximum atomic E-state index is 5.79. The second kappa shape index (κ2) is 3.33. The molecule has 0 amide bonds. The summed E-state index contributed by atoms with van der Waals surface area (Å²) in [5.74, 6) is 0.652. The van der Waals surface area contributed by atoms with Crippen LogP contribution in [0.25, 0.3) is 10.9 Å². The van der Waals surface area contributed by atoms with E-state index in [1.807, 2.05) is 12.1 Å². The first-order valence-corrected chi connectivity index (χ1v) is 5.21. The van der Waals surface area contributed by atoms with E-state index in [9.17, 15) is 0 Å². The Hall–Kier alpha value is -1.84. The van der Waals surface area contributed by atoms with Crippen LogP contribution in [0, 0.1) is 0 Å². The van der Waals surface area contributed by atoms with Crippen molar-refractivity contribution in [1.82, 2.24) is 9.97 Å². The van der Waals surface area contributed by atoms with Crippen molar-refractivity contribution in [3.05, 3.63) is 23.8 Å². The molecular formula is C12H16N4. The van der Waals surface area contributed by atoms with Crippen LogP contribution in [0.2, 0.25) is 0 Å². The van der Waals surface area contributed by atoms with Crippen LogP contribution in [0.5, 0.6) is 0 Å². The zero-order valence-corrected chi connectivity index (χ0v) is 9.78. The van der Waals surface area contributed by atoms with Crippen molar-refractivity contribution in [3.63, 3.8) is 0 Å². The zero-order chi connectivity index (χ0) is 11.9. The second-order valence-electron chi connectivity index (χ2n) is 4.95. The Balaban J connectivity index is 2.71. The summed E-state index contributed by atoms with van der Waals surface area (Å²) in [4.78, 5) is 8.14. The third kappa shape index (κ3) is 1.78. The van der Waals surface area contributed by atoms with Crippen molar-refractivity contribution in [3.8, 4) is 0 Å². The van der Waals surface area contributed by atoms with Crippen LogP contribution in [-0.4, -0.2) is 9.97 Å². The molecule has 4 heteroatoms. The number of hydrogen-bond acceptors (Lipinski definition) is 4. The molecule has 4 N–H and O–H groups in total. The summed E-state index contributed by atoms with van der Waals surface area (Å²) in [7, 11) is 0. The Bertz CT molecular complexity index is 540. The number of nitrogen functional groups attached to an aromatic ring is 2. The summed E-state index contributed by atoms with van der Waals surface area (Å²) >= 11 is 0. The molecule has 2 aromatic rings. The lowest BCUT2D eigenvalue weighted by atomic mass is 9.86. The van der Waals surface area contributed by atoms with E-state index in [2.05, 4.69) is 36.8 Å². The molecule has 0 aliphatic rings. The van der Waals surface area contributed by atoms with Gasteiger partial charge < -0.3 is 11.5 Å². The van der Waals surface area contributed by atoms with Crippen molar-refractivity contribution in [2.45, 2.75) is 26.2 Å². The molecule has 84 valence electrons. The fourth-order valence-corrected chi connectivity index (χ4v) is 1.64. The molecule has 0 atom stereocenters. The van der Waals surface area contributed by atoms with Gasteiger partial charge >= 0.3 is 0 Å². The summed E-state index contributed by atoms with van der Waals surface area (Å²) in [6.45, 7) is 6.46. The summed E-state index contributed by atoms with van der Waals surface area (Å²) in [6, 6.07) is 6.02. The molecule has 0 aliphatic heterocycles. The second-order valence-corrected chi connectivity index (χ2v) is 4.95. The summed E-state index contributed by atoms with van der Waals surface area (Å²) in [6.07, 6.45) is 0. The lowest BCUT2D eigenvalue weighted by Gasteiger charge is -2.19. The molecule has 0 aliphatic carbocycles. The highest BCUT2D eigenvalue weighted by Gasteiger charge is 2.14. The van der Waals surface area contributed by atoms with Crippen molar-refractivity contribution in [2.75, 3.05) is 11.5 Å². The van der Waals surface area contributed by atoms with Crippen molar-refractivity contribution < 1.29 is 0 Å². The van der Waals surface area contributed by atoms with Crippen molar-refractivity contribution in [1.29, 1.82) is 0 Å². The van der Waals surface area contributed by atoms with E-state index >= 15 is 0 Å². The van der Waals surface area contributed by atoms with Gasteiger partial charge in [0.25, 0.3) is 0 Å². The lowest BCUT2D eigenvalue weighted by Crippen LogP contribution is -2.11. The number of fused-ring (bicyclic) bond motifs is 1. The van der Waals surface area contributed by atoms with Gasteiger partial charge in [-0.2, -0.15) is 4.98 Å². The fourth-order valence-electron chi connectivity index (χ4n) is 1.64. The first-order chi connectivity index (χ1) is 7.38. The smallest absolute Gasteiger partial charge is 0.222 e. The molecular weight excluding hydrogens is 200 g/mol. The van der Waals surface area contributed by atoms with E-state index in [-0.39, 0.29) is 11.4 Å². The van der Waals surface area contributed by atoms with Crippen LogP contribution in [0.1, 0.15) is 26.3 Å². The summed E-state index contributed by atoms with van der Waals surface area (Å²) in [5.41, 5.74) is 13.5. The van der Waals surface area contributed by atoms with Crippen LogP contribution < -0.4 is 11.5 Å². The monoisotopic (exact) mass is 216 g/mol. The molecule has 2 rings (SSSR count). The van der Waals surface area contributed by atoms with Crippen LogP contribution >= 0.6 is 0 Å². The largest absolute Gasteiger partial charge is 0.383 e. The van der Waals surface area contributed by atoms with Crippen LogP contribution in [-0.2, 0) is 5.41 Å². The highest BCUT2D eigenvalue weighted by molar-refractivity contribution is 5.89. The van der Waals surface area contributed by atoms with Gasteiger partial charge in [0.15, 0.2) is 0 Å². The number of nitrogens with zero attached hydrogens (tertiary/aromatic N) is 2. The van der Waals surface area contributed by atoms with E-state index in [4.69, 9.17) is 11.5 Å². The molecule has 1 aromatic carbocycles. The highest BCUT2D eigenvalue weighted by Crippen LogP contribution is 2.27. The molecule has 0 spiro atoms. The average molecular weight is 216 g/mol.